The zero-order chi connectivity index (χ0) is 14.8. The highest BCUT2D eigenvalue weighted by atomic mass is 19.1. The topological polar surface area (TPSA) is 46.9 Å². The summed E-state index contributed by atoms with van der Waals surface area (Å²) in [5.41, 5.74) is 3.14. The molecule has 1 heterocycles. The molecule has 1 atom stereocenters. The third kappa shape index (κ3) is 2.96. The van der Waals surface area contributed by atoms with Crippen LogP contribution in [-0.2, 0) is 24.7 Å². The summed E-state index contributed by atoms with van der Waals surface area (Å²) in [5.74, 6) is -0.324. The van der Waals surface area contributed by atoms with Crippen LogP contribution in [0.4, 0.5) is 4.39 Å². The highest BCUT2D eigenvalue weighted by Crippen LogP contribution is 2.29. The Hall–Kier alpha value is -2.17. The van der Waals surface area contributed by atoms with Gasteiger partial charge in [0.1, 0.15) is 5.82 Å². The fourth-order valence-electron chi connectivity index (χ4n) is 2.89. The van der Waals surface area contributed by atoms with E-state index in [4.69, 9.17) is 0 Å². The lowest BCUT2D eigenvalue weighted by molar-refractivity contribution is -0.121. The normalized spacial score (nSPS) is 17.3. The van der Waals surface area contributed by atoms with Gasteiger partial charge in [-0.3, -0.25) is 9.48 Å². The van der Waals surface area contributed by atoms with Crippen LogP contribution >= 0.6 is 0 Å². The second kappa shape index (κ2) is 5.68. The Balaban J connectivity index is 1.67. The molecular weight excluding hydrogens is 269 g/mol. The van der Waals surface area contributed by atoms with Crippen LogP contribution in [0, 0.1) is 5.82 Å². The molecule has 1 aliphatic rings. The monoisotopic (exact) mass is 287 g/mol. The van der Waals surface area contributed by atoms with Crippen LogP contribution in [0.25, 0.3) is 0 Å². The average molecular weight is 287 g/mol. The Kier molecular flexibility index (Phi) is 3.73. The highest BCUT2D eigenvalue weighted by Gasteiger charge is 2.24. The van der Waals surface area contributed by atoms with Gasteiger partial charge in [-0.05, 0) is 37.0 Å². The lowest BCUT2D eigenvalue weighted by Gasteiger charge is -2.23. The van der Waals surface area contributed by atoms with Crippen molar-refractivity contribution in [1.29, 1.82) is 0 Å². The van der Waals surface area contributed by atoms with Crippen molar-refractivity contribution >= 4 is 5.91 Å². The molecule has 5 heteroatoms. The van der Waals surface area contributed by atoms with E-state index in [1.165, 1.54) is 17.8 Å². The van der Waals surface area contributed by atoms with Gasteiger partial charge in [0, 0.05) is 18.3 Å². The van der Waals surface area contributed by atoms with E-state index in [-0.39, 0.29) is 24.2 Å². The number of halogens is 1. The molecule has 110 valence electrons. The first-order chi connectivity index (χ1) is 10.1. The number of nitrogens with zero attached hydrogens (tertiary/aromatic N) is 2. The van der Waals surface area contributed by atoms with Crippen LogP contribution in [0.3, 0.4) is 0 Å². The van der Waals surface area contributed by atoms with Gasteiger partial charge < -0.3 is 5.32 Å². The average Bonchev–Trinajstić information content (AvgIpc) is 2.84. The minimum absolute atomic E-state index is 0.0374. The molecule has 4 nitrogen and oxygen atoms in total. The van der Waals surface area contributed by atoms with Crippen LogP contribution in [0.2, 0.25) is 0 Å². The summed E-state index contributed by atoms with van der Waals surface area (Å²) in [4.78, 5) is 12.2. The van der Waals surface area contributed by atoms with E-state index in [1.807, 2.05) is 17.9 Å². The van der Waals surface area contributed by atoms with E-state index in [2.05, 4.69) is 10.4 Å². The molecule has 1 aromatic heterocycles. The van der Waals surface area contributed by atoms with Crippen molar-refractivity contribution < 1.29 is 9.18 Å². The number of hydrogen-bond acceptors (Lipinski definition) is 2. The molecule has 1 N–H and O–H groups in total. The Morgan fingerprint density at radius 3 is 2.95 bits per heavy atom. The van der Waals surface area contributed by atoms with E-state index in [0.29, 0.717) is 0 Å². The van der Waals surface area contributed by atoms with Crippen molar-refractivity contribution in [2.75, 3.05) is 0 Å². The van der Waals surface area contributed by atoms with Gasteiger partial charge in [0.05, 0.1) is 18.7 Å². The van der Waals surface area contributed by atoms with Crippen molar-refractivity contribution in [3.63, 3.8) is 0 Å². The molecular formula is C16H18FN3O. The molecule has 1 aliphatic carbocycles. The largest absolute Gasteiger partial charge is 0.349 e. The van der Waals surface area contributed by atoms with E-state index >= 15 is 0 Å². The Bertz CT molecular complexity index is 648. The van der Waals surface area contributed by atoms with Crippen molar-refractivity contribution in [2.45, 2.75) is 31.7 Å². The summed E-state index contributed by atoms with van der Waals surface area (Å²) in [6, 6.07) is 6.08. The fraction of sp³-hybridized carbons (Fsp3) is 0.375. The van der Waals surface area contributed by atoms with Crippen LogP contribution in [0.15, 0.2) is 30.5 Å². The van der Waals surface area contributed by atoms with Crippen molar-refractivity contribution in [3.05, 3.63) is 53.1 Å². The number of carbonyl (C=O) groups is 1. The number of hydrogen-bond donors (Lipinski definition) is 1. The van der Waals surface area contributed by atoms with E-state index < -0.39 is 0 Å². The first-order valence-electron chi connectivity index (χ1n) is 7.18. The number of carbonyl (C=O) groups excluding carboxylic acids is 1. The van der Waals surface area contributed by atoms with E-state index in [9.17, 15) is 9.18 Å². The molecule has 0 bridgehead atoms. The van der Waals surface area contributed by atoms with Crippen LogP contribution in [-0.4, -0.2) is 15.7 Å². The second-order valence-electron chi connectivity index (χ2n) is 5.49. The maximum absolute atomic E-state index is 12.9. The van der Waals surface area contributed by atoms with Gasteiger partial charge in [-0.1, -0.05) is 12.1 Å². The SMILES string of the molecule is Cn1ncc2c1CCCC2NC(=O)Cc1ccc(F)cc1. The molecule has 0 spiro atoms. The molecule has 2 aromatic rings. The van der Waals surface area contributed by atoms with E-state index in [0.717, 1.165) is 30.4 Å². The first kappa shape index (κ1) is 13.8. The van der Waals surface area contributed by atoms with Gasteiger partial charge >= 0.3 is 0 Å². The Morgan fingerprint density at radius 1 is 1.43 bits per heavy atom. The molecule has 1 amide bonds. The predicted molar refractivity (Wildman–Crippen MR) is 77.1 cm³/mol. The quantitative estimate of drug-likeness (QED) is 0.941. The highest BCUT2D eigenvalue weighted by molar-refractivity contribution is 5.79. The lowest BCUT2D eigenvalue weighted by atomic mass is 9.93. The Labute approximate surface area is 123 Å². The predicted octanol–water partition coefficient (Wildman–Crippen LogP) is 2.30. The summed E-state index contributed by atoms with van der Waals surface area (Å²) in [5, 5.41) is 7.34. The number of amides is 1. The van der Waals surface area contributed by atoms with Gasteiger partial charge in [-0.25, -0.2) is 4.39 Å². The number of nitrogens with one attached hydrogen (secondary N) is 1. The molecule has 1 unspecified atom stereocenters. The summed E-state index contributed by atoms with van der Waals surface area (Å²) in [6.07, 6.45) is 5.11. The van der Waals surface area contributed by atoms with Crippen molar-refractivity contribution in [1.82, 2.24) is 15.1 Å². The fourth-order valence-corrected chi connectivity index (χ4v) is 2.89. The van der Waals surface area contributed by atoms with Crippen LogP contribution in [0.5, 0.6) is 0 Å². The Morgan fingerprint density at radius 2 is 2.19 bits per heavy atom. The van der Waals surface area contributed by atoms with Gasteiger partial charge in [-0.2, -0.15) is 5.10 Å². The molecule has 0 aliphatic heterocycles. The molecule has 3 rings (SSSR count). The summed E-state index contributed by atoms with van der Waals surface area (Å²) < 4.78 is 14.7. The number of benzene rings is 1. The third-order valence-electron chi connectivity index (χ3n) is 3.99. The molecule has 1 aromatic carbocycles. The second-order valence-corrected chi connectivity index (χ2v) is 5.49. The van der Waals surface area contributed by atoms with Crippen molar-refractivity contribution in [2.24, 2.45) is 7.05 Å². The third-order valence-corrected chi connectivity index (χ3v) is 3.99. The van der Waals surface area contributed by atoms with Crippen LogP contribution in [0.1, 0.15) is 35.7 Å². The van der Waals surface area contributed by atoms with Gasteiger partial charge in [0.25, 0.3) is 0 Å². The standard InChI is InChI=1S/C16H18FN3O/c1-20-15-4-2-3-14(13(15)10-18-20)19-16(21)9-11-5-7-12(17)8-6-11/h5-8,10,14H,2-4,9H2,1H3,(H,19,21). The number of aryl methyl sites for hydroxylation is 1. The summed E-state index contributed by atoms with van der Waals surface area (Å²) in [6.45, 7) is 0. The van der Waals surface area contributed by atoms with Crippen molar-refractivity contribution in [3.8, 4) is 0 Å². The molecule has 0 saturated carbocycles. The minimum Gasteiger partial charge on any atom is -0.349 e. The summed E-state index contributed by atoms with van der Waals surface area (Å²) in [7, 11) is 1.93. The molecule has 0 radical (unpaired) electrons. The van der Waals surface area contributed by atoms with E-state index in [1.54, 1.807) is 12.1 Å². The lowest BCUT2D eigenvalue weighted by Crippen LogP contribution is -2.32. The van der Waals surface area contributed by atoms with Gasteiger partial charge in [0.15, 0.2) is 0 Å². The zero-order valence-corrected chi connectivity index (χ0v) is 12.0. The van der Waals surface area contributed by atoms with Crippen LogP contribution < -0.4 is 5.32 Å². The first-order valence-corrected chi connectivity index (χ1v) is 7.18. The smallest absolute Gasteiger partial charge is 0.224 e. The maximum atomic E-state index is 12.9. The number of aromatic nitrogens is 2. The van der Waals surface area contributed by atoms with Gasteiger partial charge in [-0.15, -0.1) is 0 Å². The van der Waals surface area contributed by atoms with Gasteiger partial charge in [0.2, 0.25) is 5.91 Å². The molecule has 0 fully saturated rings. The summed E-state index contributed by atoms with van der Waals surface area (Å²) >= 11 is 0. The maximum Gasteiger partial charge on any atom is 0.224 e. The number of fused-ring (bicyclic) bond motifs is 1. The number of rotatable bonds is 3. The molecule has 0 saturated heterocycles. The molecule has 21 heavy (non-hydrogen) atoms. The minimum atomic E-state index is -0.286. The zero-order valence-electron chi connectivity index (χ0n) is 12.0.